The Morgan fingerprint density at radius 3 is 2.51 bits per heavy atom. The summed E-state index contributed by atoms with van der Waals surface area (Å²) in [7, 11) is 0. The summed E-state index contributed by atoms with van der Waals surface area (Å²) in [6.07, 6.45) is 5.73. The number of β-amino-alcohol motifs (C(OH)–C–C–N with tert-alkyl or cyclic N) is 1. The third kappa shape index (κ3) is 6.29. The first-order chi connectivity index (χ1) is 16.9. The molecular formula is C26H30F2N4O3. The van der Waals surface area contributed by atoms with E-state index in [1.54, 1.807) is 12.1 Å². The number of ether oxygens (including phenoxy) is 1. The zero-order valence-electron chi connectivity index (χ0n) is 19.7. The minimum atomic E-state index is -1.66. The maximum Gasteiger partial charge on any atom is 0.338 e. The highest BCUT2D eigenvalue weighted by molar-refractivity contribution is 5.89. The number of esters is 1. The number of carbonyl (C=O) groups is 1. The fourth-order valence-electron chi connectivity index (χ4n) is 4.54. The van der Waals surface area contributed by atoms with Gasteiger partial charge in [-0.05, 0) is 43.0 Å². The van der Waals surface area contributed by atoms with Gasteiger partial charge in [-0.25, -0.2) is 23.2 Å². The Bertz CT molecular complexity index is 1120. The van der Waals surface area contributed by atoms with Crippen molar-refractivity contribution in [1.29, 1.82) is 0 Å². The molecule has 1 unspecified atom stereocenters. The maximum atomic E-state index is 14.6. The number of aryl methyl sites for hydroxylation is 1. The predicted octanol–water partition coefficient (Wildman–Crippen LogP) is 3.72. The van der Waals surface area contributed by atoms with Crippen LogP contribution in [0.2, 0.25) is 0 Å². The van der Waals surface area contributed by atoms with Crippen molar-refractivity contribution in [3.63, 3.8) is 0 Å². The molecule has 1 fully saturated rings. The Hall–Kier alpha value is -3.17. The summed E-state index contributed by atoms with van der Waals surface area (Å²) in [5.74, 6) is -1.87. The average molecular weight is 485 g/mol. The van der Waals surface area contributed by atoms with E-state index in [0.717, 1.165) is 25.0 Å². The van der Waals surface area contributed by atoms with Crippen LogP contribution >= 0.6 is 0 Å². The lowest BCUT2D eigenvalue weighted by Gasteiger charge is -2.38. The number of hydrogen-bond donors (Lipinski definition) is 1. The molecule has 0 amide bonds. The van der Waals surface area contributed by atoms with Gasteiger partial charge >= 0.3 is 5.97 Å². The summed E-state index contributed by atoms with van der Waals surface area (Å²) >= 11 is 0. The van der Waals surface area contributed by atoms with Crippen LogP contribution in [-0.4, -0.2) is 56.5 Å². The normalized spacial score (nSPS) is 16.7. The van der Waals surface area contributed by atoms with Gasteiger partial charge in [-0.3, -0.25) is 4.90 Å². The Kier molecular flexibility index (Phi) is 7.87. The van der Waals surface area contributed by atoms with Gasteiger partial charge in [0, 0.05) is 31.3 Å². The lowest BCUT2D eigenvalue weighted by Crippen LogP contribution is -2.48. The fraction of sp³-hybridized carbons (Fsp3) is 0.423. The van der Waals surface area contributed by atoms with Crippen molar-refractivity contribution in [2.45, 2.75) is 50.9 Å². The van der Waals surface area contributed by atoms with Gasteiger partial charge in [0.2, 0.25) is 0 Å². The van der Waals surface area contributed by atoms with Gasteiger partial charge in [0.15, 0.2) is 0 Å². The first-order valence-electron chi connectivity index (χ1n) is 11.9. The summed E-state index contributed by atoms with van der Waals surface area (Å²) in [6, 6.07) is 10.7. The number of rotatable bonds is 9. The van der Waals surface area contributed by atoms with Gasteiger partial charge in [0.25, 0.3) is 0 Å². The highest BCUT2D eigenvalue weighted by atomic mass is 19.1. The van der Waals surface area contributed by atoms with Crippen molar-refractivity contribution >= 4 is 5.97 Å². The van der Waals surface area contributed by atoms with E-state index in [9.17, 15) is 18.7 Å². The van der Waals surface area contributed by atoms with Gasteiger partial charge in [0.05, 0.1) is 12.1 Å². The molecule has 1 aliphatic rings. The Labute approximate surface area is 203 Å². The summed E-state index contributed by atoms with van der Waals surface area (Å²) in [5.41, 5.74) is 0.0546. The minimum Gasteiger partial charge on any atom is -0.459 e. The Morgan fingerprint density at radius 1 is 1.14 bits per heavy atom. The van der Waals surface area contributed by atoms with Crippen molar-refractivity contribution in [2.24, 2.45) is 0 Å². The summed E-state index contributed by atoms with van der Waals surface area (Å²) in [5, 5.41) is 15.6. The SMILES string of the molecule is CCCc1ccc(C(=O)OC2CCN(CC(O)(Cn3cncn3)c3ccc(F)cc3F)CC2)cc1. The van der Waals surface area contributed by atoms with Crippen molar-refractivity contribution in [3.05, 3.63) is 83.4 Å². The third-order valence-corrected chi connectivity index (χ3v) is 6.34. The van der Waals surface area contributed by atoms with E-state index in [-0.39, 0.29) is 30.7 Å². The zero-order valence-corrected chi connectivity index (χ0v) is 19.7. The zero-order chi connectivity index (χ0) is 24.8. The number of hydrogen-bond acceptors (Lipinski definition) is 6. The molecule has 0 radical (unpaired) electrons. The Balaban J connectivity index is 1.38. The van der Waals surface area contributed by atoms with E-state index >= 15 is 0 Å². The molecule has 0 aliphatic carbocycles. The molecule has 1 aliphatic heterocycles. The molecule has 7 nitrogen and oxygen atoms in total. The molecule has 0 bridgehead atoms. The van der Waals surface area contributed by atoms with Crippen LogP contribution in [0.1, 0.15) is 47.7 Å². The first kappa shape index (κ1) is 24.9. The highest BCUT2D eigenvalue weighted by Gasteiger charge is 2.37. The van der Waals surface area contributed by atoms with Crippen molar-refractivity contribution in [1.82, 2.24) is 19.7 Å². The summed E-state index contributed by atoms with van der Waals surface area (Å²) in [6.45, 7) is 3.28. The van der Waals surface area contributed by atoms with Crippen LogP contribution in [-0.2, 0) is 23.3 Å². The average Bonchev–Trinajstić information content (AvgIpc) is 3.33. The quantitative estimate of drug-likeness (QED) is 0.467. The fourth-order valence-corrected chi connectivity index (χ4v) is 4.54. The van der Waals surface area contributed by atoms with Crippen molar-refractivity contribution in [3.8, 4) is 0 Å². The standard InChI is InChI=1S/C26H30F2N4O3/c1-2-3-19-4-6-20(7-5-19)25(33)35-22-10-12-31(13-11-22)15-26(34,16-32-18-29-17-30-32)23-9-8-21(27)14-24(23)28/h4-9,14,17-18,22,34H,2-3,10-13,15-16H2,1H3. The molecule has 1 aromatic heterocycles. The molecule has 1 saturated heterocycles. The number of nitrogens with zero attached hydrogens (tertiary/aromatic N) is 4. The highest BCUT2D eigenvalue weighted by Crippen LogP contribution is 2.29. The largest absolute Gasteiger partial charge is 0.459 e. The number of aromatic nitrogens is 3. The number of likely N-dealkylation sites (tertiary alicyclic amines) is 1. The van der Waals surface area contributed by atoms with E-state index < -0.39 is 17.2 Å². The smallest absolute Gasteiger partial charge is 0.338 e. The molecule has 35 heavy (non-hydrogen) atoms. The van der Waals surface area contributed by atoms with Gasteiger partial charge in [-0.1, -0.05) is 31.5 Å². The third-order valence-electron chi connectivity index (χ3n) is 6.34. The van der Waals surface area contributed by atoms with Crippen LogP contribution in [0.25, 0.3) is 0 Å². The summed E-state index contributed by atoms with van der Waals surface area (Å²) < 4.78 is 35.3. The lowest BCUT2D eigenvalue weighted by molar-refractivity contribution is -0.0396. The van der Waals surface area contributed by atoms with Gasteiger partial charge < -0.3 is 9.84 Å². The Morgan fingerprint density at radius 2 is 1.89 bits per heavy atom. The lowest BCUT2D eigenvalue weighted by atomic mass is 9.91. The summed E-state index contributed by atoms with van der Waals surface area (Å²) in [4.78, 5) is 18.4. The molecule has 4 rings (SSSR count). The van der Waals surface area contributed by atoms with Crippen LogP contribution < -0.4 is 0 Å². The molecule has 186 valence electrons. The van der Waals surface area contributed by atoms with Gasteiger partial charge in [-0.15, -0.1) is 0 Å². The van der Waals surface area contributed by atoms with Crippen LogP contribution in [0.5, 0.6) is 0 Å². The molecule has 2 heterocycles. The van der Waals surface area contributed by atoms with Crippen LogP contribution in [0.3, 0.4) is 0 Å². The number of aliphatic hydroxyl groups is 1. The van der Waals surface area contributed by atoms with E-state index in [1.807, 2.05) is 17.0 Å². The van der Waals surface area contributed by atoms with Crippen molar-refractivity contribution in [2.75, 3.05) is 19.6 Å². The second-order valence-corrected chi connectivity index (χ2v) is 9.08. The minimum absolute atomic E-state index is 0.00512. The van der Waals surface area contributed by atoms with E-state index in [2.05, 4.69) is 17.0 Å². The van der Waals surface area contributed by atoms with Crippen molar-refractivity contribution < 1.29 is 23.4 Å². The van der Waals surface area contributed by atoms with Gasteiger partial charge in [0.1, 0.15) is 36.0 Å². The number of carbonyl (C=O) groups excluding carboxylic acids is 1. The predicted molar refractivity (Wildman–Crippen MR) is 126 cm³/mol. The number of benzene rings is 2. The topological polar surface area (TPSA) is 80.5 Å². The maximum absolute atomic E-state index is 14.6. The number of halogens is 2. The molecule has 3 aromatic rings. The molecule has 1 N–H and O–H groups in total. The number of piperidine rings is 1. The molecule has 9 heteroatoms. The first-order valence-corrected chi connectivity index (χ1v) is 11.9. The van der Waals surface area contributed by atoms with Crippen LogP contribution in [0, 0.1) is 11.6 Å². The van der Waals surface area contributed by atoms with E-state index in [1.165, 1.54) is 29.0 Å². The monoisotopic (exact) mass is 484 g/mol. The van der Waals surface area contributed by atoms with E-state index in [4.69, 9.17) is 4.74 Å². The molecule has 0 saturated carbocycles. The van der Waals surface area contributed by atoms with E-state index in [0.29, 0.717) is 31.5 Å². The molecular weight excluding hydrogens is 454 g/mol. The van der Waals surface area contributed by atoms with Crippen LogP contribution in [0.15, 0.2) is 55.1 Å². The second-order valence-electron chi connectivity index (χ2n) is 9.08. The van der Waals surface area contributed by atoms with Gasteiger partial charge in [-0.2, -0.15) is 5.10 Å². The molecule has 0 spiro atoms. The van der Waals surface area contributed by atoms with Crippen LogP contribution in [0.4, 0.5) is 8.78 Å². The molecule has 2 aromatic carbocycles. The molecule has 1 atom stereocenters. The second kappa shape index (κ2) is 11.0.